The highest BCUT2D eigenvalue weighted by Gasteiger charge is 2.19. The Balaban J connectivity index is 1.78. The lowest BCUT2D eigenvalue weighted by Gasteiger charge is -2.01. The second kappa shape index (κ2) is 6.66. The van der Waals surface area contributed by atoms with Gasteiger partial charge in [-0.25, -0.2) is 0 Å². The topological polar surface area (TPSA) is 96.7 Å². The molecule has 0 aliphatic carbocycles. The first kappa shape index (κ1) is 15.9. The molecule has 3 aromatic heterocycles. The van der Waals surface area contributed by atoms with E-state index in [-0.39, 0.29) is 17.6 Å². The van der Waals surface area contributed by atoms with Crippen LogP contribution in [0.15, 0.2) is 35.1 Å². The first-order valence-electron chi connectivity index (χ1n) is 7.83. The minimum atomic E-state index is -0.368. The third-order valence-corrected chi connectivity index (χ3v) is 4.08. The van der Waals surface area contributed by atoms with Crippen LogP contribution in [-0.4, -0.2) is 26.2 Å². The van der Waals surface area contributed by atoms with Crippen LogP contribution in [0.4, 0.5) is 5.82 Å². The molecule has 7 nitrogen and oxygen atoms in total. The number of hydrogen-bond acceptors (Lipinski definition) is 5. The van der Waals surface area contributed by atoms with Crippen LogP contribution in [0.3, 0.4) is 0 Å². The molecule has 3 heterocycles. The number of aromatic nitrogens is 4. The van der Waals surface area contributed by atoms with Gasteiger partial charge in [-0.1, -0.05) is 19.0 Å². The number of H-pyrrole nitrogens is 1. The summed E-state index contributed by atoms with van der Waals surface area (Å²) in [5.41, 5.74) is 3.41. The van der Waals surface area contributed by atoms with E-state index >= 15 is 0 Å². The van der Waals surface area contributed by atoms with E-state index in [0.29, 0.717) is 5.82 Å². The molecule has 24 heavy (non-hydrogen) atoms. The number of carbonyl (C=O) groups excluding carboxylic acids is 1. The fourth-order valence-electron chi connectivity index (χ4n) is 2.33. The van der Waals surface area contributed by atoms with Crippen LogP contribution in [0.5, 0.6) is 0 Å². The summed E-state index contributed by atoms with van der Waals surface area (Å²) in [5.74, 6) is 0.528. The summed E-state index contributed by atoms with van der Waals surface area (Å²) in [6, 6.07) is 5.43. The molecule has 0 aromatic carbocycles. The zero-order valence-corrected chi connectivity index (χ0v) is 13.8. The van der Waals surface area contributed by atoms with Gasteiger partial charge in [0.2, 0.25) is 5.76 Å². The van der Waals surface area contributed by atoms with Gasteiger partial charge >= 0.3 is 0 Å². The smallest absolute Gasteiger partial charge is 0.295 e. The van der Waals surface area contributed by atoms with Crippen LogP contribution in [0.25, 0.3) is 11.3 Å². The van der Waals surface area contributed by atoms with Crippen LogP contribution in [0.2, 0.25) is 0 Å². The van der Waals surface area contributed by atoms with Gasteiger partial charge < -0.3 is 9.84 Å². The number of nitrogens with zero attached hydrogens (tertiary/aromatic N) is 3. The molecule has 7 heteroatoms. The van der Waals surface area contributed by atoms with E-state index in [1.165, 1.54) is 0 Å². The maximum atomic E-state index is 12.3. The number of hydrogen-bond donors (Lipinski definition) is 2. The molecular formula is C17H19N5O2. The van der Waals surface area contributed by atoms with Crippen molar-refractivity contribution in [2.24, 2.45) is 0 Å². The predicted octanol–water partition coefficient (Wildman–Crippen LogP) is 3.53. The van der Waals surface area contributed by atoms with E-state index in [1.54, 1.807) is 18.5 Å². The predicted molar refractivity (Wildman–Crippen MR) is 89.7 cm³/mol. The van der Waals surface area contributed by atoms with Crippen molar-refractivity contribution in [1.29, 1.82) is 0 Å². The van der Waals surface area contributed by atoms with E-state index in [2.05, 4.69) is 32.6 Å². The molecule has 124 valence electrons. The van der Waals surface area contributed by atoms with Gasteiger partial charge in [0.1, 0.15) is 0 Å². The SMILES string of the molecule is CC[C@@H](C)c1cc(C(=O)Nc2n[nH]c(-c3ccncc3)c2C)on1. The van der Waals surface area contributed by atoms with E-state index in [9.17, 15) is 4.79 Å². The molecule has 3 rings (SSSR count). The monoisotopic (exact) mass is 325 g/mol. The Labute approximate surface area is 139 Å². The number of pyridine rings is 1. The summed E-state index contributed by atoms with van der Waals surface area (Å²) in [5, 5.41) is 13.8. The lowest BCUT2D eigenvalue weighted by atomic mass is 10.1. The number of rotatable bonds is 5. The second-order valence-corrected chi connectivity index (χ2v) is 5.69. The average molecular weight is 325 g/mol. The standard InChI is InChI=1S/C17H19N5O2/c1-4-10(2)13-9-14(24-22-13)17(23)19-16-11(3)15(20-21-16)12-5-7-18-8-6-12/h5-10H,4H2,1-3H3,(H2,19,20,21,23)/t10-/m1/s1. The molecule has 0 unspecified atom stereocenters. The highest BCUT2D eigenvalue weighted by atomic mass is 16.5. The molecule has 1 amide bonds. The van der Waals surface area contributed by atoms with E-state index < -0.39 is 0 Å². The van der Waals surface area contributed by atoms with Gasteiger partial charge in [-0.15, -0.1) is 0 Å². The first-order valence-corrected chi connectivity index (χ1v) is 7.83. The van der Waals surface area contributed by atoms with Gasteiger partial charge in [0.05, 0.1) is 11.4 Å². The van der Waals surface area contributed by atoms with Gasteiger partial charge in [-0.05, 0) is 25.5 Å². The number of nitrogens with one attached hydrogen (secondary N) is 2. The highest BCUT2D eigenvalue weighted by molar-refractivity contribution is 6.02. The molecule has 0 bridgehead atoms. The van der Waals surface area contributed by atoms with Crippen molar-refractivity contribution in [2.75, 3.05) is 5.32 Å². The maximum absolute atomic E-state index is 12.3. The molecule has 0 aliphatic heterocycles. The Morgan fingerprint density at radius 1 is 1.38 bits per heavy atom. The normalized spacial score (nSPS) is 12.1. The van der Waals surface area contributed by atoms with Crippen molar-refractivity contribution >= 4 is 11.7 Å². The maximum Gasteiger partial charge on any atom is 0.295 e. The Kier molecular flexibility index (Phi) is 4.41. The van der Waals surface area contributed by atoms with Gasteiger partial charge in [0.15, 0.2) is 5.82 Å². The molecule has 3 aromatic rings. The van der Waals surface area contributed by atoms with Crippen molar-refractivity contribution < 1.29 is 9.32 Å². The Hall–Kier alpha value is -2.96. The van der Waals surface area contributed by atoms with Crippen molar-refractivity contribution in [3.63, 3.8) is 0 Å². The first-order chi connectivity index (χ1) is 11.6. The summed E-state index contributed by atoms with van der Waals surface area (Å²) >= 11 is 0. The number of carbonyl (C=O) groups is 1. The lowest BCUT2D eigenvalue weighted by Crippen LogP contribution is -2.12. The van der Waals surface area contributed by atoms with Crippen molar-refractivity contribution in [3.05, 3.63) is 47.6 Å². The number of aromatic amines is 1. The zero-order chi connectivity index (χ0) is 17.1. The second-order valence-electron chi connectivity index (χ2n) is 5.69. The van der Waals surface area contributed by atoms with E-state index in [4.69, 9.17) is 4.52 Å². The minimum absolute atomic E-state index is 0.179. The summed E-state index contributed by atoms with van der Waals surface area (Å²) in [7, 11) is 0. The van der Waals surface area contributed by atoms with E-state index in [1.807, 2.05) is 26.0 Å². The Morgan fingerprint density at radius 3 is 2.83 bits per heavy atom. The summed E-state index contributed by atoms with van der Waals surface area (Å²) in [6.07, 6.45) is 4.35. The van der Waals surface area contributed by atoms with Crippen LogP contribution in [0, 0.1) is 6.92 Å². The Bertz CT molecular complexity index is 838. The largest absolute Gasteiger partial charge is 0.351 e. The summed E-state index contributed by atoms with van der Waals surface area (Å²) in [4.78, 5) is 16.3. The average Bonchev–Trinajstić information content (AvgIpc) is 3.23. The molecule has 0 saturated heterocycles. The third-order valence-electron chi connectivity index (χ3n) is 4.08. The van der Waals surface area contributed by atoms with Crippen molar-refractivity contribution in [3.8, 4) is 11.3 Å². The summed E-state index contributed by atoms with van der Waals surface area (Å²) in [6.45, 7) is 5.99. The van der Waals surface area contributed by atoms with Gasteiger partial charge in [0, 0.05) is 35.5 Å². The minimum Gasteiger partial charge on any atom is -0.351 e. The molecule has 0 aliphatic rings. The molecule has 1 atom stereocenters. The summed E-state index contributed by atoms with van der Waals surface area (Å²) < 4.78 is 5.14. The van der Waals surface area contributed by atoms with Crippen LogP contribution in [0.1, 0.15) is 48.0 Å². The van der Waals surface area contributed by atoms with Gasteiger partial charge in [-0.3, -0.25) is 14.9 Å². The molecular weight excluding hydrogens is 306 g/mol. The lowest BCUT2D eigenvalue weighted by molar-refractivity contribution is 0.0987. The number of amides is 1. The zero-order valence-electron chi connectivity index (χ0n) is 13.8. The van der Waals surface area contributed by atoms with Crippen LogP contribution >= 0.6 is 0 Å². The molecule has 0 radical (unpaired) electrons. The molecule has 0 saturated carbocycles. The van der Waals surface area contributed by atoms with Crippen LogP contribution < -0.4 is 5.32 Å². The van der Waals surface area contributed by atoms with Crippen LogP contribution in [-0.2, 0) is 0 Å². The van der Waals surface area contributed by atoms with Crippen molar-refractivity contribution in [2.45, 2.75) is 33.1 Å². The van der Waals surface area contributed by atoms with E-state index in [0.717, 1.165) is 28.9 Å². The third kappa shape index (κ3) is 3.05. The molecule has 0 fully saturated rings. The fraction of sp³-hybridized carbons (Fsp3) is 0.294. The molecule has 2 N–H and O–H groups in total. The highest BCUT2D eigenvalue weighted by Crippen LogP contribution is 2.26. The van der Waals surface area contributed by atoms with Crippen molar-refractivity contribution in [1.82, 2.24) is 20.3 Å². The number of anilines is 1. The van der Waals surface area contributed by atoms with Gasteiger partial charge in [-0.2, -0.15) is 5.10 Å². The Morgan fingerprint density at radius 2 is 2.12 bits per heavy atom. The quantitative estimate of drug-likeness (QED) is 0.748. The fourth-order valence-corrected chi connectivity index (χ4v) is 2.33. The van der Waals surface area contributed by atoms with Gasteiger partial charge in [0.25, 0.3) is 5.91 Å². The molecule has 0 spiro atoms.